The Bertz CT molecular complexity index is 596. The summed E-state index contributed by atoms with van der Waals surface area (Å²) < 4.78 is 10.2. The van der Waals surface area contributed by atoms with E-state index in [4.69, 9.17) is 9.47 Å². The van der Waals surface area contributed by atoms with Crippen molar-refractivity contribution in [3.05, 3.63) is 42.1 Å². The molecule has 0 aliphatic carbocycles. The molecule has 0 saturated carbocycles. The third kappa shape index (κ3) is 2.18. The number of carbonyl (C=O) groups is 2. The van der Waals surface area contributed by atoms with Gasteiger partial charge in [-0.25, -0.2) is 9.69 Å². The molecular weight excluding hydrogens is 270 g/mol. The van der Waals surface area contributed by atoms with Crippen LogP contribution in [-0.2, 0) is 19.7 Å². The number of fused-ring (bicyclic) bond motifs is 1. The fourth-order valence-corrected chi connectivity index (χ4v) is 2.52. The zero-order valence-electron chi connectivity index (χ0n) is 12.5. The number of anilines is 1. The summed E-state index contributed by atoms with van der Waals surface area (Å²) >= 11 is 0. The molecule has 112 valence electrons. The molecule has 1 aromatic rings. The van der Waals surface area contributed by atoms with E-state index in [1.54, 1.807) is 39.0 Å². The molecule has 5 nitrogen and oxygen atoms in total. The van der Waals surface area contributed by atoms with Gasteiger partial charge in [-0.1, -0.05) is 24.8 Å². The molecule has 0 fully saturated rings. The zero-order valence-corrected chi connectivity index (χ0v) is 12.5. The number of para-hydroxylation sites is 1. The van der Waals surface area contributed by atoms with E-state index in [0.29, 0.717) is 16.9 Å². The first-order valence-electron chi connectivity index (χ1n) is 6.91. The Morgan fingerprint density at radius 2 is 1.81 bits per heavy atom. The van der Waals surface area contributed by atoms with E-state index in [1.165, 1.54) is 4.90 Å². The van der Waals surface area contributed by atoms with Gasteiger partial charge in [0.2, 0.25) is 0 Å². The second kappa shape index (κ2) is 5.60. The third-order valence-electron chi connectivity index (χ3n) is 3.66. The smallest absolute Gasteiger partial charge is 0.418 e. The molecule has 1 amide bonds. The Balaban J connectivity index is 2.54. The molecule has 0 bridgehead atoms. The van der Waals surface area contributed by atoms with E-state index in [-0.39, 0.29) is 13.2 Å². The Kier molecular flexibility index (Phi) is 4.02. The minimum atomic E-state index is -1.08. The molecule has 1 aromatic carbocycles. The predicted molar refractivity (Wildman–Crippen MR) is 79.1 cm³/mol. The van der Waals surface area contributed by atoms with Gasteiger partial charge in [0.15, 0.2) is 0 Å². The number of nitrogens with zero attached hydrogens (tertiary/aromatic N) is 1. The van der Waals surface area contributed by atoms with Gasteiger partial charge in [0.05, 0.1) is 18.9 Å². The molecule has 0 radical (unpaired) electrons. The Hall–Kier alpha value is -2.30. The first kappa shape index (κ1) is 15.1. The van der Waals surface area contributed by atoms with Crippen LogP contribution in [0, 0.1) is 0 Å². The molecule has 0 N–H and O–H groups in total. The second-order valence-corrected chi connectivity index (χ2v) is 4.84. The van der Waals surface area contributed by atoms with Crippen molar-refractivity contribution in [1.29, 1.82) is 0 Å². The predicted octanol–water partition coefficient (Wildman–Crippen LogP) is 3.00. The van der Waals surface area contributed by atoms with Gasteiger partial charge in [0.1, 0.15) is 5.41 Å². The van der Waals surface area contributed by atoms with Gasteiger partial charge in [0.25, 0.3) is 0 Å². The van der Waals surface area contributed by atoms with Crippen LogP contribution >= 0.6 is 0 Å². The van der Waals surface area contributed by atoms with Gasteiger partial charge in [-0.2, -0.15) is 0 Å². The molecule has 0 aromatic heterocycles. The van der Waals surface area contributed by atoms with Gasteiger partial charge < -0.3 is 9.47 Å². The van der Waals surface area contributed by atoms with Crippen molar-refractivity contribution in [2.45, 2.75) is 26.2 Å². The molecule has 1 heterocycles. The van der Waals surface area contributed by atoms with E-state index in [9.17, 15) is 9.59 Å². The van der Waals surface area contributed by atoms with Crippen LogP contribution in [0.15, 0.2) is 36.5 Å². The lowest BCUT2D eigenvalue weighted by atomic mass is 9.82. The average Bonchev–Trinajstić information content (AvgIpc) is 2.70. The van der Waals surface area contributed by atoms with Crippen LogP contribution in [0.4, 0.5) is 10.5 Å². The van der Waals surface area contributed by atoms with Crippen LogP contribution in [0.2, 0.25) is 0 Å². The van der Waals surface area contributed by atoms with Crippen LogP contribution in [-0.4, -0.2) is 25.3 Å². The Morgan fingerprint density at radius 1 is 1.19 bits per heavy atom. The maximum atomic E-state index is 12.4. The highest BCUT2D eigenvalue weighted by atomic mass is 16.6. The lowest BCUT2D eigenvalue weighted by Crippen LogP contribution is -2.39. The normalized spacial score (nSPS) is 20.1. The van der Waals surface area contributed by atoms with Crippen molar-refractivity contribution >= 4 is 17.7 Å². The second-order valence-electron chi connectivity index (χ2n) is 4.84. The Morgan fingerprint density at radius 3 is 2.43 bits per heavy atom. The fourth-order valence-electron chi connectivity index (χ4n) is 2.52. The monoisotopic (exact) mass is 289 g/mol. The number of esters is 1. The maximum absolute atomic E-state index is 12.4. The first-order chi connectivity index (χ1) is 9.98. The first-order valence-corrected chi connectivity index (χ1v) is 6.91. The van der Waals surface area contributed by atoms with E-state index in [2.05, 4.69) is 6.58 Å². The summed E-state index contributed by atoms with van der Waals surface area (Å²) in [4.78, 5) is 25.9. The minimum Gasteiger partial charge on any atom is -0.465 e. The number of amides is 1. The summed E-state index contributed by atoms with van der Waals surface area (Å²) in [5.41, 5.74) is 0.568. The van der Waals surface area contributed by atoms with Gasteiger partial charge in [-0.15, -0.1) is 0 Å². The summed E-state index contributed by atoms with van der Waals surface area (Å²) in [6.07, 6.45) is -0.539. The quantitative estimate of drug-likeness (QED) is 0.803. The molecule has 0 unspecified atom stereocenters. The number of carbonyl (C=O) groups excluding carboxylic acids is 2. The maximum Gasteiger partial charge on any atom is 0.418 e. The van der Waals surface area contributed by atoms with Crippen molar-refractivity contribution in [2.24, 2.45) is 0 Å². The molecule has 1 aliphatic heterocycles. The topological polar surface area (TPSA) is 55.8 Å². The minimum absolute atomic E-state index is 0.251. The molecule has 1 aliphatic rings. The van der Waals surface area contributed by atoms with Gasteiger partial charge in [-0.3, -0.25) is 4.79 Å². The summed E-state index contributed by atoms with van der Waals surface area (Å²) in [7, 11) is 0. The van der Waals surface area contributed by atoms with Crippen LogP contribution in [0.3, 0.4) is 0 Å². The number of hydrogen-bond acceptors (Lipinski definition) is 4. The van der Waals surface area contributed by atoms with Gasteiger partial charge >= 0.3 is 12.1 Å². The highest BCUT2D eigenvalue weighted by Gasteiger charge is 2.51. The molecule has 5 heteroatoms. The molecule has 0 saturated heterocycles. The van der Waals surface area contributed by atoms with Crippen LogP contribution < -0.4 is 4.90 Å². The third-order valence-corrected chi connectivity index (χ3v) is 3.66. The largest absolute Gasteiger partial charge is 0.465 e. The summed E-state index contributed by atoms with van der Waals surface area (Å²) in [5, 5.41) is 0. The SMILES string of the molecule is C=C1N(C(=O)OCC)c2ccccc2[C@@]1(C)C(=O)OCC. The van der Waals surface area contributed by atoms with Crippen molar-refractivity contribution in [1.82, 2.24) is 0 Å². The van der Waals surface area contributed by atoms with Crippen molar-refractivity contribution in [2.75, 3.05) is 18.1 Å². The van der Waals surface area contributed by atoms with Crippen LogP contribution in [0.25, 0.3) is 0 Å². The molecule has 1 atom stereocenters. The Labute approximate surface area is 124 Å². The lowest BCUT2D eigenvalue weighted by Gasteiger charge is -2.25. The standard InChI is InChI=1S/C16H19NO4/c1-5-20-14(18)16(4)11(3)17(15(19)21-6-2)13-10-8-7-9-12(13)16/h7-10H,3,5-6H2,1-2,4H3/t16-/m0/s1. The molecule has 2 rings (SSSR count). The summed E-state index contributed by atoms with van der Waals surface area (Å²) in [6, 6.07) is 7.19. The lowest BCUT2D eigenvalue weighted by molar-refractivity contribution is -0.147. The number of rotatable bonds is 3. The average molecular weight is 289 g/mol. The van der Waals surface area contributed by atoms with E-state index in [1.807, 2.05) is 6.07 Å². The summed E-state index contributed by atoms with van der Waals surface area (Å²) in [6.45, 7) is 9.64. The molecule has 21 heavy (non-hydrogen) atoms. The van der Waals surface area contributed by atoms with E-state index in [0.717, 1.165) is 0 Å². The van der Waals surface area contributed by atoms with Crippen LogP contribution in [0.1, 0.15) is 26.3 Å². The highest BCUT2D eigenvalue weighted by Crippen LogP contribution is 2.48. The number of ether oxygens (including phenoxy) is 2. The molecule has 0 spiro atoms. The summed E-state index contributed by atoms with van der Waals surface area (Å²) in [5.74, 6) is -0.422. The van der Waals surface area contributed by atoms with Crippen molar-refractivity contribution in [3.8, 4) is 0 Å². The van der Waals surface area contributed by atoms with Gasteiger partial charge in [0, 0.05) is 5.70 Å². The zero-order chi connectivity index (χ0) is 15.6. The van der Waals surface area contributed by atoms with Gasteiger partial charge in [-0.05, 0) is 32.4 Å². The highest BCUT2D eigenvalue weighted by molar-refractivity contribution is 6.03. The van der Waals surface area contributed by atoms with Crippen LogP contribution in [0.5, 0.6) is 0 Å². The molecular formula is C16H19NO4. The van der Waals surface area contributed by atoms with E-state index >= 15 is 0 Å². The van der Waals surface area contributed by atoms with E-state index < -0.39 is 17.5 Å². The number of hydrogen-bond donors (Lipinski definition) is 0. The fraction of sp³-hybridized carbons (Fsp3) is 0.375. The van der Waals surface area contributed by atoms with Crippen molar-refractivity contribution in [3.63, 3.8) is 0 Å². The van der Waals surface area contributed by atoms with Crippen molar-refractivity contribution < 1.29 is 19.1 Å². The number of benzene rings is 1.